The number of anilines is 1. The molecule has 0 bridgehead atoms. The summed E-state index contributed by atoms with van der Waals surface area (Å²) in [6.45, 7) is 0. The van der Waals surface area contributed by atoms with Crippen molar-refractivity contribution in [2.45, 2.75) is 38.2 Å². The standard InChI is InChI=1S/C10H14ClN3O/c11-9-8(12)10(14-6-13-9)15-7-4-2-1-3-5-7/h6-7H,1-5,12H2. The fraction of sp³-hybridized carbons (Fsp3) is 0.600. The molecule has 0 aromatic carbocycles. The largest absolute Gasteiger partial charge is 0.473 e. The van der Waals surface area contributed by atoms with Crippen LogP contribution in [-0.2, 0) is 0 Å². The molecule has 1 heterocycles. The van der Waals surface area contributed by atoms with E-state index in [2.05, 4.69) is 9.97 Å². The molecule has 1 aliphatic carbocycles. The third kappa shape index (κ3) is 2.50. The normalized spacial score (nSPS) is 17.7. The average molecular weight is 228 g/mol. The van der Waals surface area contributed by atoms with Crippen LogP contribution in [0.4, 0.5) is 5.69 Å². The van der Waals surface area contributed by atoms with Gasteiger partial charge in [-0.15, -0.1) is 0 Å². The molecular formula is C10H14ClN3O. The van der Waals surface area contributed by atoms with Crippen molar-refractivity contribution in [2.24, 2.45) is 0 Å². The van der Waals surface area contributed by atoms with Crippen LogP contribution in [0.1, 0.15) is 32.1 Å². The molecule has 0 unspecified atom stereocenters. The van der Waals surface area contributed by atoms with Gasteiger partial charge < -0.3 is 10.5 Å². The van der Waals surface area contributed by atoms with Crippen molar-refractivity contribution >= 4 is 17.3 Å². The number of halogens is 1. The van der Waals surface area contributed by atoms with Gasteiger partial charge in [0.1, 0.15) is 18.1 Å². The van der Waals surface area contributed by atoms with Gasteiger partial charge in [-0.25, -0.2) is 4.98 Å². The molecule has 2 N–H and O–H groups in total. The monoisotopic (exact) mass is 227 g/mol. The highest BCUT2D eigenvalue weighted by Crippen LogP contribution is 2.28. The fourth-order valence-corrected chi connectivity index (χ4v) is 1.92. The summed E-state index contributed by atoms with van der Waals surface area (Å²) in [7, 11) is 0. The van der Waals surface area contributed by atoms with E-state index in [1.165, 1.54) is 25.6 Å². The number of nitrogens with two attached hydrogens (primary N) is 1. The summed E-state index contributed by atoms with van der Waals surface area (Å²) in [5.74, 6) is 0.418. The molecule has 0 radical (unpaired) electrons. The van der Waals surface area contributed by atoms with Crippen LogP contribution >= 0.6 is 11.6 Å². The van der Waals surface area contributed by atoms with Gasteiger partial charge in [0.25, 0.3) is 0 Å². The first kappa shape index (κ1) is 10.5. The minimum atomic E-state index is 0.229. The van der Waals surface area contributed by atoms with Gasteiger partial charge in [0.15, 0.2) is 5.15 Å². The zero-order chi connectivity index (χ0) is 10.7. The van der Waals surface area contributed by atoms with Gasteiger partial charge in [-0.3, -0.25) is 0 Å². The predicted octanol–water partition coefficient (Wildman–Crippen LogP) is 2.42. The second kappa shape index (κ2) is 4.66. The summed E-state index contributed by atoms with van der Waals surface area (Å²) in [4.78, 5) is 7.77. The molecule has 1 saturated carbocycles. The number of ether oxygens (including phenoxy) is 1. The van der Waals surface area contributed by atoms with E-state index in [9.17, 15) is 0 Å². The summed E-state index contributed by atoms with van der Waals surface area (Å²) in [6, 6.07) is 0. The van der Waals surface area contributed by atoms with Crippen LogP contribution in [-0.4, -0.2) is 16.1 Å². The van der Waals surface area contributed by atoms with E-state index in [1.54, 1.807) is 0 Å². The molecule has 0 atom stereocenters. The molecule has 15 heavy (non-hydrogen) atoms. The lowest BCUT2D eigenvalue weighted by molar-refractivity contribution is 0.149. The average Bonchev–Trinajstić information content (AvgIpc) is 2.26. The van der Waals surface area contributed by atoms with E-state index in [0.29, 0.717) is 11.6 Å². The van der Waals surface area contributed by atoms with Crippen molar-refractivity contribution < 1.29 is 4.74 Å². The zero-order valence-corrected chi connectivity index (χ0v) is 9.20. The molecule has 0 saturated heterocycles. The van der Waals surface area contributed by atoms with Crippen LogP contribution in [0.3, 0.4) is 0 Å². The Morgan fingerprint density at radius 1 is 1.27 bits per heavy atom. The molecule has 4 nitrogen and oxygen atoms in total. The molecule has 1 fully saturated rings. The molecule has 2 rings (SSSR count). The first-order chi connectivity index (χ1) is 7.27. The van der Waals surface area contributed by atoms with E-state index in [-0.39, 0.29) is 11.3 Å². The molecule has 82 valence electrons. The van der Waals surface area contributed by atoms with Gasteiger partial charge in [0.2, 0.25) is 5.88 Å². The quantitative estimate of drug-likeness (QED) is 0.789. The summed E-state index contributed by atoms with van der Waals surface area (Å²) < 4.78 is 5.71. The predicted molar refractivity (Wildman–Crippen MR) is 59.0 cm³/mol. The van der Waals surface area contributed by atoms with Crippen LogP contribution in [0, 0.1) is 0 Å². The van der Waals surface area contributed by atoms with Gasteiger partial charge in [0, 0.05) is 0 Å². The third-order valence-corrected chi connectivity index (χ3v) is 2.93. The van der Waals surface area contributed by atoms with E-state index in [4.69, 9.17) is 22.1 Å². The van der Waals surface area contributed by atoms with Crippen molar-refractivity contribution in [3.8, 4) is 5.88 Å². The molecule has 5 heteroatoms. The number of hydrogen-bond acceptors (Lipinski definition) is 4. The Morgan fingerprint density at radius 3 is 2.73 bits per heavy atom. The van der Waals surface area contributed by atoms with Crippen molar-refractivity contribution in [1.82, 2.24) is 9.97 Å². The first-order valence-electron chi connectivity index (χ1n) is 5.20. The lowest BCUT2D eigenvalue weighted by Gasteiger charge is -2.22. The summed E-state index contributed by atoms with van der Waals surface area (Å²) in [5, 5.41) is 0.260. The number of rotatable bonds is 2. The van der Waals surface area contributed by atoms with Gasteiger partial charge in [-0.1, -0.05) is 18.0 Å². The van der Waals surface area contributed by atoms with E-state index in [0.717, 1.165) is 12.8 Å². The van der Waals surface area contributed by atoms with E-state index >= 15 is 0 Å². The van der Waals surface area contributed by atoms with Crippen molar-refractivity contribution in [2.75, 3.05) is 5.73 Å². The second-order valence-corrected chi connectivity index (χ2v) is 4.12. The van der Waals surface area contributed by atoms with Crippen LogP contribution < -0.4 is 10.5 Å². The number of aromatic nitrogens is 2. The Balaban J connectivity index is 2.06. The SMILES string of the molecule is Nc1c(Cl)ncnc1OC1CCCCC1. The van der Waals surface area contributed by atoms with Crippen LogP contribution in [0.5, 0.6) is 5.88 Å². The number of nitrogen functional groups attached to an aromatic ring is 1. The molecule has 0 amide bonds. The second-order valence-electron chi connectivity index (χ2n) is 3.76. The summed E-state index contributed by atoms with van der Waals surface area (Å²) >= 11 is 5.78. The molecule has 1 aliphatic rings. The Bertz CT molecular complexity index is 339. The smallest absolute Gasteiger partial charge is 0.242 e. The highest BCUT2D eigenvalue weighted by molar-refractivity contribution is 6.32. The van der Waals surface area contributed by atoms with Gasteiger partial charge in [-0.2, -0.15) is 4.98 Å². The Kier molecular flexibility index (Phi) is 3.26. The maximum absolute atomic E-state index is 5.78. The fourth-order valence-electron chi connectivity index (χ4n) is 1.79. The summed E-state index contributed by atoms with van der Waals surface area (Å²) in [6.07, 6.45) is 7.46. The molecule has 1 aromatic heterocycles. The summed E-state index contributed by atoms with van der Waals surface area (Å²) in [5.41, 5.74) is 6.06. The first-order valence-corrected chi connectivity index (χ1v) is 5.58. The zero-order valence-electron chi connectivity index (χ0n) is 8.45. The lowest BCUT2D eigenvalue weighted by atomic mass is 9.98. The van der Waals surface area contributed by atoms with Crippen LogP contribution in [0.15, 0.2) is 6.33 Å². The van der Waals surface area contributed by atoms with Gasteiger partial charge in [-0.05, 0) is 25.7 Å². The van der Waals surface area contributed by atoms with Gasteiger partial charge in [0.05, 0.1) is 0 Å². The Hall–Kier alpha value is -1.03. The highest BCUT2D eigenvalue weighted by atomic mass is 35.5. The van der Waals surface area contributed by atoms with E-state index in [1.807, 2.05) is 0 Å². The Morgan fingerprint density at radius 2 is 2.00 bits per heavy atom. The highest BCUT2D eigenvalue weighted by Gasteiger charge is 2.17. The molecule has 0 spiro atoms. The van der Waals surface area contributed by atoms with Crippen molar-refractivity contribution in [3.63, 3.8) is 0 Å². The maximum atomic E-state index is 5.78. The third-order valence-electron chi connectivity index (χ3n) is 2.63. The topological polar surface area (TPSA) is 61.0 Å². The minimum Gasteiger partial charge on any atom is -0.473 e. The minimum absolute atomic E-state index is 0.229. The molecular weight excluding hydrogens is 214 g/mol. The van der Waals surface area contributed by atoms with E-state index < -0.39 is 0 Å². The van der Waals surface area contributed by atoms with Crippen LogP contribution in [0.2, 0.25) is 5.15 Å². The number of hydrogen-bond donors (Lipinski definition) is 1. The Labute approximate surface area is 93.8 Å². The van der Waals surface area contributed by atoms with Gasteiger partial charge >= 0.3 is 0 Å². The lowest BCUT2D eigenvalue weighted by Crippen LogP contribution is -2.20. The number of nitrogens with zero attached hydrogens (tertiary/aromatic N) is 2. The van der Waals surface area contributed by atoms with Crippen molar-refractivity contribution in [1.29, 1.82) is 0 Å². The maximum Gasteiger partial charge on any atom is 0.242 e. The van der Waals surface area contributed by atoms with Crippen LogP contribution in [0.25, 0.3) is 0 Å². The molecule has 1 aromatic rings. The molecule has 0 aliphatic heterocycles. The van der Waals surface area contributed by atoms with Crippen molar-refractivity contribution in [3.05, 3.63) is 11.5 Å².